The van der Waals surface area contributed by atoms with Crippen molar-refractivity contribution in [2.24, 2.45) is 0 Å². The van der Waals surface area contributed by atoms with Crippen LogP contribution in [0.25, 0.3) is 11.1 Å². The maximum Gasteiger partial charge on any atom is 0.200 e. The molecule has 0 aliphatic heterocycles. The van der Waals surface area contributed by atoms with Crippen molar-refractivity contribution >= 4 is 11.6 Å². The van der Waals surface area contributed by atoms with Crippen LogP contribution in [0.15, 0.2) is 18.2 Å². The van der Waals surface area contributed by atoms with E-state index < -0.39 is 34.6 Å². The van der Waals surface area contributed by atoms with Crippen LogP contribution < -0.4 is 0 Å². The molecule has 0 atom stereocenters. The summed E-state index contributed by atoms with van der Waals surface area (Å²) in [5.74, 6) is -9.89. The van der Waals surface area contributed by atoms with Crippen LogP contribution in [0.4, 0.5) is 22.0 Å². The summed E-state index contributed by atoms with van der Waals surface area (Å²) in [5, 5.41) is 0.129. The van der Waals surface area contributed by atoms with Gasteiger partial charge < -0.3 is 0 Å². The van der Waals surface area contributed by atoms with Gasteiger partial charge in [-0.1, -0.05) is 17.7 Å². The van der Waals surface area contributed by atoms with Gasteiger partial charge in [0.25, 0.3) is 0 Å². The molecule has 0 unspecified atom stereocenters. The molecule has 19 heavy (non-hydrogen) atoms. The number of halogens is 6. The molecule has 0 bridgehead atoms. The molecule has 0 N–H and O–H groups in total. The fourth-order valence-electron chi connectivity index (χ4n) is 1.70. The summed E-state index contributed by atoms with van der Waals surface area (Å²) >= 11 is 5.68. The van der Waals surface area contributed by atoms with Gasteiger partial charge in [0.2, 0.25) is 5.82 Å². The lowest BCUT2D eigenvalue weighted by atomic mass is 9.99. The topological polar surface area (TPSA) is 0 Å². The second-order valence-electron chi connectivity index (χ2n) is 3.90. The Hall–Kier alpha value is -1.62. The van der Waals surface area contributed by atoms with Gasteiger partial charge in [-0.15, -0.1) is 0 Å². The molecule has 0 aromatic heterocycles. The van der Waals surface area contributed by atoms with Crippen molar-refractivity contribution in [1.29, 1.82) is 0 Å². The van der Waals surface area contributed by atoms with Crippen molar-refractivity contribution < 1.29 is 22.0 Å². The van der Waals surface area contributed by atoms with Crippen molar-refractivity contribution in [2.45, 2.75) is 6.92 Å². The van der Waals surface area contributed by atoms with E-state index in [1.165, 1.54) is 19.1 Å². The number of aryl methyl sites for hydroxylation is 1. The minimum Gasteiger partial charge on any atom is -0.203 e. The third-order valence-electron chi connectivity index (χ3n) is 2.68. The molecule has 2 aromatic carbocycles. The van der Waals surface area contributed by atoms with E-state index in [4.69, 9.17) is 11.6 Å². The van der Waals surface area contributed by atoms with Gasteiger partial charge in [0, 0.05) is 5.02 Å². The molecule has 0 saturated heterocycles. The van der Waals surface area contributed by atoms with Crippen LogP contribution in [0.5, 0.6) is 0 Å². The van der Waals surface area contributed by atoms with E-state index in [1.807, 2.05) is 0 Å². The normalized spacial score (nSPS) is 10.9. The molecule has 2 aromatic rings. The molecular formula is C13H6ClF5. The average Bonchev–Trinajstić information content (AvgIpc) is 2.38. The highest BCUT2D eigenvalue weighted by molar-refractivity contribution is 6.30. The molecule has 0 heterocycles. The highest BCUT2D eigenvalue weighted by atomic mass is 35.5. The van der Waals surface area contributed by atoms with Gasteiger partial charge in [0.05, 0.1) is 5.56 Å². The third-order valence-corrected chi connectivity index (χ3v) is 2.91. The lowest BCUT2D eigenvalue weighted by Gasteiger charge is -2.11. The van der Waals surface area contributed by atoms with E-state index in [2.05, 4.69) is 0 Å². The lowest BCUT2D eigenvalue weighted by molar-refractivity contribution is 0.381. The summed E-state index contributed by atoms with van der Waals surface area (Å²) in [5.41, 5.74) is -0.774. The monoisotopic (exact) mass is 292 g/mol. The van der Waals surface area contributed by atoms with Crippen LogP contribution >= 0.6 is 11.6 Å². The first-order valence-electron chi connectivity index (χ1n) is 5.12. The van der Waals surface area contributed by atoms with Gasteiger partial charge in [0.15, 0.2) is 23.3 Å². The van der Waals surface area contributed by atoms with Crippen LogP contribution in [-0.4, -0.2) is 0 Å². The van der Waals surface area contributed by atoms with Gasteiger partial charge in [-0.05, 0) is 30.2 Å². The van der Waals surface area contributed by atoms with E-state index in [1.54, 1.807) is 0 Å². The van der Waals surface area contributed by atoms with Gasteiger partial charge >= 0.3 is 0 Å². The van der Waals surface area contributed by atoms with Gasteiger partial charge in [-0.3, -0.25) is 0 Å². The van der Waals surface area contributed by atoms with Gasteiger partial charge in [-0.2, -0.15) is 0 Å². The van der Waals surface area contributed by atoms with E-state index in [0.29, 0.717) is 5.56 Å². The van der Waals surface area contributed by atoms with E-state index in [9.17, 15) is 22.0 Å². The number of benzene rings is 2. The van der Waals surface area contributed by atoms with Gasteiger partial charge in [-0.25, -0.2) is 22.0 Å². The zero-order valence-corrected chi connectivity index (χ0v) is 10.3. The largest absolute Gasteiger partial charge is 0.203 e. The molecule has 0 nitrogen and oxygen atoms in total. The molecular weight excluding hydrogens is 287 g/mol. The minimum absolute atomic E-state index is 0.129. The molecule has 0 spiro atoms. The lowest BCUT2D eigenvalue weighted by Crippen LogP contribution is -2.04. The summed E-state index contributed by atoms with van der Waals surface area (Å²) in [6.45, 7) is 1.48. The quantitative estimate of drug-likeness (QED) is 0.394. The fraction of sp³-hybridized carbons (Fsp3) is 0.0769. The maximum atomic E-state index is 13.6. The maximum absolute atomic E-state index is 13.6. The van der Waals surface area contributed by atoms with Crippen LogP contribution in [0.2, 0.25) is 5.02 Å². The standard InChI is InChI=1S/C13H6ClF5/c1-5-2-3-6(14)4-7(5)8-9(15)11(17)13(19)12(18)10(8)16/h2-4H,1H3. The Morgan fingerprint density at radius 1 is 0.789 bits per heavy atom. The average molecular weight is 293 g/mol. The van der Waals surface area contributed by atoms with Crippen molar-refractivity contribution in [2.75, 3.05) is 0 Å². The summed E-state index contributed by atoms with van der Waals surface area (Å²) in [7, 11) is 0. The smallest absolute Gasteiger partial charge is 0.200 e. The van der Waals surface area contributed by atoms with Gasteiger partial charge in [0.1, 0.15) is 0 Å². The summed E-state index contributed by atoms with van der Waals surface area (Å²) in [4.78, 5) is 0. The first kappa shape index (κ1) is 13.8. The number of rotatable bonds is 1. The predicted octanol–water partition coefficient (Wildman–Crippen LogP) is 5.01. The van der Waals surface area contributed by atoms with E-state index in [0.717, 1.165) is 6.07 Å². The molecule has 0 radical (unpaired) electrons. The minimum atomic E-state index is -2.18. The Morgan fingerprint density at radius 3 is 1.79 bits per heavy atom. The Balaban J connectivity index is 2.87. The van der Waals surface area contributed by atoms with Crippen molar-refractivity contribution in [3.05, 3.63) is 57.9 Å². The second kappa shape index (κ2) is 4.81. The fourth-order valence-corrected chi connectivity index (χ4v) is 1.88. The molecule has 2 rings (SSSR count). The zero-order chi connectivity index (χ0) is 14.3. The highest BCUT2D eigenvalue weighted by Crippen LogP contribution is 2.34. The molecule has 100 valence electrons. The Morgan fingerprint density at radius 2 is 1.26 bits per heavy atom. The van der Waals surface area contributed by atoms with Crippen LogP contribution in [0.3, 0.4) is 0 Å². The molecule has 0 amide bonds. The predicted molar refractivity (Wildman–Crippen MR) is 61.4 cm³/mol. The Bertz CT molecular complexity index is 638. The van der Waals surface area contributed by atoms with Crippen molar-refractivity contribution in [3.8, 4) is 11.1 Å². The highest BCUT2D eigenvalue weighted by Gasteiger charge is 2.27. The Kier molecular flexibility index (Phi) is 3.49. The van der Waals surface area contributed by atoms with Crippen LogP contribution in [0, 0.1) is 36.0 Å². The molecule has 0 fully saturated rings. The van der Waals surface area contributed by atoms with Crippen molar-refractivity contribution in [3.63, 3.8) is 0 Å². The second-order valence-corrected chi connectivity index (χ2v) is 4.34. The van der Waals surface area contributed by atoms with E-state index in [-0.39, 0.29) is 10.6 Å². The Labute approximate surface area is 110 Å². The summed E-state index contributed by atoms with van der Waals surface area (Å²) < 4.78 is 66.5. The van der Waals surface area contributed by atoms with E-state index >= 15 is 0 Å². The number of hydrogen-bond donors (Lipinski definition) is 0. The van der Waals surface area contributed by atoms with Crippen molar-refractivity contribution in [1.82, 2.24) is 0 Å². The third kappa shape index (κ3) is 2.18. The summed E-state index contributed by atoms with van der Waals surface area (Å²) in [6, 6.07) is 4.03. The molecule has 0 aliphatic carbocycles. The number of hydrogen-bond acceptors (Lipinski definition) is 0. The molecule has 0 aliphatic rings. The summed E-state index contributed by atoms with van der Waals surface area (Å²) in [6.07, 6.45) is 0. The molecule has 6 heteroatoms. The zero-order valence-electron chi connectivity index (χ0n) is 9.50. The first-order valence-corrected chi connectivity index (χ1v) is 5.50. The van der Waals surface area contributed by atoms with Crippen LogP contribution in [0.1, 0.15) is 5.56 Å². The van der Waals surface area contributed by atoms with Crippen LogP contribution in [-0.2, 0) is 0 Å². The SMILES string of the molecule is Cc1ccc(Cl)cc1-c1c(F)c(F)c(F)c(F)c1F. The first-order chi connectivity index (χ1) is 8.84. The molecule has 0 saturated carbocycles.